The molecule has 0 aromatic rings. The Labute approximate surface area is 139 Å². The maximum absolute atomic E-state index is 12.0. The quantitative estimate of drug-likeness (QED) is 0.271. The first kappa shape index (κ1) is 21.2. The van der Waals surface area contributed by atoms with E-state index in [0.29, 0.717) is 6.42 Å². The van der Waals surface area contributed by atoms with Gasteiger partial charge in [-0.3, -0.25) is 14.4 Å². The van der Waals surface area contributed by atoms with Crippen molar-refractivity contribution in [1.29, 1.82) is 0 Å². The summed E-state index contributed by atoms with van der Waals surface area (Å²) in [6.45, 7) is 3.78. The minimum Gasteiger partial charge on any atom is -0.481 e. The molecule has 0 rings (SSSR count). The summed E-state index contributed by atoms with van der Waals surface area (Å²) < 4.78 is 0. The van der Waals surface area contributed by atoms with Crippen molar-refractivity contribution in [2.75, 3.05) is 5.75 Å². The van der Waals surface area contributed by atoms with E-state index in [1.165, 1.54) is 0 Å². The highest BCUT2D eigenvalue weighted by molar-refractivity contribution is 7.80. The van der Waals surface area contributed by atoms with Crippen molar-refractivity contribution in [3.63, 3.8) is 0 Å². The number of nitrogens with one attached hydrogen (secondary N) is 2. The van der Waals surface area contributed by atoms with E-state index in [1.807, 2.05) is 13.8 Å². The van der Waals surface area contributed by atoms with Crippen molar-refractivity contribution in [1.82, 2.24) is 10.6 Å². The zero-order valence-electron chi connectivity index (χ0n) is 13.0. The van der Waals surface area contributed by atoms with Crippen molar-refractivity contribution in [3.05, 3.63) is 0 Å². The Morgan fingerprint density at radius 3 is 1.96 bits per heavy atom. The number of hydrogen-bond donors (Lipinski definition) is 6. The number of carboxylic acid groups (broad SMARTS) is 2. The Morgan fingerprint density at radius 2 is 1.57 bits per heavy atom. The zero-order valence-corrected chi connectivity index (χ0v) is 13.9. The molecule has 0 radical (unpaired) electrons. The van der Waals surface area contributed by atoms with Crippen LogP contribution in [0.2, 0.25) is 0 Å². The molecule has 2 amide bonds. The van der Waals surface area contributed by atoms with Crippen LogP contribution in [-0.4, -0.2) is 57.8 Å². The molecular weight excluding hydrogens is 326 g/mol. The number of nitrogens with two attached hydrogens (primary N) is 1. The van der Waals surface area contributed by atoms with Gasteiger partial charge in [0.15, 0.2) is 0 Å². The van der Waals surface area contributed by atoms with Crippen LogP contribution in [0.5, 0.6) is 0 Å². The molecule has 0 unspecified atom stereocenters. The maximum atomic E-state index is 12.0. The largest absolute Gasteiger partial charge is 0.481 e. The van der Waals surface area contributed by atoms with E-state index in [0.717, 1.165) is 0 Å². The number of carbonyl (C=O) groups excluding carboxylic acids is 2. The van der Waals surface area contributed by atoms with E-state index in [1.54, 1.807) is 0 Å². The molecule has 9 nitrogen and oxygen atoms in total. The number of amides is 2. The Kier molecular flexibility index (Phi) is 9.27. The smallest absolute Gasteiger partial charge is 0.326 e. The van der Waals surface area contributed by atoms with E-state index in [9.17, 15) is 19.2 Å². The molecule has 0 aliphatic carbocycles. The Morgan fingerprint density at radius 1 is 1.04 bits per heavy atom. The first-order valence-electron chi connectivity index (χ1n) is 7.00. The Hall–Kier alpha value is -1.81. The van der Waals surface area contributed by atoms with E-state index < -0.39 is 48.3 Å². The summed E-state index contributed by atoms with van der Waals surface area (Å²) in [5, 5.41) is 22.0. The molecule has 0 bridgehead atoms. The van der Waals surface area contributed by atoms with Gasteiger partial charge in [0.2, 0.25) is 11.8 Å². The van der Waals surface area contributed by atoms with E-state index in [2.05, 4.69) is 23.3 Å². The van der Waals surface area contributed by atoms with Gasteiger partial charge in [-0.1, -0.05) is 13.8 Å². The standard InChI is InChI=1S/C13H23N3O6S/c1-6(2)3-7(14)11(19)16-9(5-23)12(20)15-8(13(21)22)4-10(17)18/h6-9,23H,3-5,14H2,1-2H3,(H,15,20)(H,16,19)(H,17,18)(H,21,22)/t7-,8-,9-/m0/s1. The highest BCUT2D eigenvalue weighted by Gasteiger charge is 2.28. The fourth-order valence-corrected chi connectivity index (χ4v) is 1.99. The molecule has 0 aliphatic rings. The molecule has 10 heteroatoms. The van der Waals surface area contributed by atoms with Gasteiger partial charge >= 0.3 is 11.9 Å². The number of carbonyl (C=O) groups is 4. The van der Waals surface area contributed by atoms with Gasteiger partial charge in [0.05, 0.1) is 12.5 Å². The van der Waals surface area contributed by atoms with E-state index in [4.69, 9.17) is 15.9 Å². The summed E-state index contributed by atoms with van der Waals surface area (Å²) in [5.74, 6) is -4.15. The molecule has 0 fully saturated rings. The summed E-state index contributed by atoms with van der Waals surface area (Å²) in [5.41, 5.74) is 5.70. The highest BCUT2D eigenvalue weighted by atomic mass is 32.1. The van der Waals surface area contributed by atoms with E-state index in [-0.39, 0.29) is 11.7 Å². The normalized spacial score (nSPS) is 14.7. The molecule has 0 aromatic carbocycles. The molecule has 0 aromatic heterocycles. The maximum Gasteiger partial charge on any atom is 0.326 e. The van der Waals surface area contributed by atoms with Crippen LogP contribution in [0.25, 0.3) is 0 Å². The lowest BCUT2D eigenvalue weighted by Gasteiger charge is -2.21. The van der Waals surface area contributed by atoms with Crippen LogP contribution in [0.4, 0.5) is 0 Å². The fraction of sp³-hybridized carbons (Fsp3) is 0.692. The lowest BCUT2D eigenvalue weighted by atomic mass is 10.0. The molecule has 0 aliphatic heterocycles. The number of hydrogen-bond acceptors (Lipinski definition) is 6. The number of carboxylic acids is 2. The van der Waals surface area contributed by atoms with Crippen LogP contribution >= 0.6 is 12.6 Å². The molecule has 0 spiro atoms. The van der Waals surface area contributed by atoms with Crippen LogP contribution in [0, 0.1) is 5.92 Å². The monoisotopic (exact) mass is 349 g/mol. The first-order valence-corrected chi connectivity index (χ1v) is 7.63. The zero-order chi connectivity index (χ0) is 18.2. The SMILES string of the molecule is CC(C)C[C@H](N)C(=O)N[C@@H](CS)C(=O)N[C@@H](CC(=O)O)C(=O)O. The summed E-state index contributed by atoms with van der Waals surface area (Å²) >= 11 is 3.93. The van der Waals surface area contributed by atoms with E-state index >= 15 is 0 Å². The van der Waals surface area contributed by atoms with Crippen LogP contribution in [-0.2, 0) is 19.2 Å². The predicted molar refractivity (Wildman–Crippen MR) is 85.0 cm³/mol. The second kappa shape index (κ2) is 10.1. The van der Waals surface area contributed by atoms with Gasteiger partial charge in [-0.2, -0.15) is 12.6 Å². The lowest BCUT2D eigenvalue weighted by Crippen LogP contribution is -2.55. The lowest BCUT2D eigenvalue weighted by molar-refractivity contribution is -0.147. The topological polar surface area (TPSA) is 159 Å². The van der Waals surface area contributed by atoms with Crippen molar-refractivity contribution >= 4 is 36.4 Å². The third kappa shape index (κ3) is 8.41. The second-order valence-electron chi connectivity index (χ2n) is 5.48. The summed E-state index contributed by atoms with van der Waals surface area (Å²) in [6.07, 6.45) is -0.356. The Bertz CT molecular complexity index is 457. The summed E-state index contributed by atoms with van der Waals surface area (Å²) in [7, 11) is 0. The van der Waals surface area contributed by atoms with Crippen molar-refractivity contribution in [2.45, 2.75) is 44.8 Å². The van der Waals surface area contributed by atoms with Gasteiger partial charge < -0.3 is 26.6 Å². The van der Waals surface area contributed by atoms with Crippen molar-refractivity contribution < 1.29 is 29.4 Å². The fourth-order valence-electron chi connectivity index (χ4n) is 1.73. The van der Waals surface area contributed by atoms with Crippen molar-refractivity contribution in [2.24, 2.45) is 11.7 Å². The second-order valence-corrected chi connectivity index (χ2v) is 5.84. The minimum atomic E-state index is -1.59. The summed E-state index contributed by atoms with van der Waals surface area (Å²) in [6, 6.07) is -3.51. The molecule has 23 heavy (non-hydrogen) atoms. The molecule has 0 saturated heterocycles. The van der Waals surface area contributed by atoms with Crippen LogP contribution in [0.1, 0.15) is 26.7 Å². The van der Waals surface area contributed by atoms with Crippen LogP contribution in [0.3, 0.4) is 0 Å². The average molecular weight is 349 g/mol. The number of aliphatic carboxylic acids is 2. The molecule has 0 heterocycles. The molecule has 0 saturated carbocycles. The predicted octanol–water partition coefficient (Wildman–Crippen LogP) is -1.18. The van der Waals surface area contributed by atoms with Crippen LogP contribution < -0.4 is 16.4 Å². The average Bonchev–Trinajstić information content (AvgIpc) is 2.41. The summed E-state index contributed by atoms with van der Waals surface area (Å²) in [4.78, 5) is 45.4. The van der Waals surface area contributed by atoms with Gasteiger partial charge in [0.25, 0.3) is 0 Å². The molecular formula is C13H23N3O6S. The minimum absolute atomic E-state index is 0.0919. The molecule has 6 N–H and O–H groups in total. The third-order valence-corrected chi connectivity index (χ3v) is 3.24. The van der Waals surface area contributed by atoms with Crippen LogP contribution in [0.15, 0.2) is 0 Å². The number of rotatable bonds is 10. The van der Waals surface area contributed by atoms with Crippen molar-refractivity contribution in [3.8, 4) is 0 Å². The van der Waals surface area contributed by atoms with Gasteiger partial charge in [0.1, 0.15) is 12.1 Å². The Balaban J connectivity index is 4.75. The number of thiol groups is 1. The van der Waals surface area contributed by atoms with Gasteiger partial charge in [-0.15, -0.1) is 0 Å². The van der Waals surface area contributed by atoms with Gasteiger partial charge in [-0.25, -0.2) is 4.79 Å². The van der Waals surface area contributed by atoms with Gasteiger partial charge in [-0.05, 0) is 12.3 Å². The molecule has 3 atom stereocenters. The highest BCUT2D eigenvalue weighted by Crippen LogP contribution is 2.03. The van der Waals surface area contributed by atoms with Gasteiger partial charge in [0, 0.05) is 5.75 Å². The third-order valence-electron chi connectivity index (χ3n) is 2.87. The molecule has 132 valence electrons. The first-order chi connectivity index (χ1) is 10.6.